The molecule has 0 radical (unpaired) electrons. The number of carbonyl (C=O) groups excluding carboxylic acids is 2. The minimum absolute atomic E-state index is 0.0404. The lowest BCUT2D eigenvalue weighted by atomic mass is 10.1. The Morgan fingerprint density at radius 1 is 0.689 bits per heavy atom. The second-order valence-corrected chi connectivity index (χ2v) is 12.5. The minimum Gasteiger partial charge on any atom is -0.462 e. The number of ether oxygens (including phenoxy) is 2. The van der Waals surface area contributed by atoms with Crippen LogP contribution in [0.2, 0.25) is 0 Å². The molecular formula is C35H62NO8P. The molecule has 9 nitrogen and oxygen atoms in total. The summed E-state index contributed by atoms with van der Waals surface area (Å²) >= 11 is 0. The summed E-state index contributed by atoms with van der Waals surface area (Å²) in [7, 11) is -4.39. The molecule has 45 heavy (non-hydrogen) atoms. The molecule has 3 N–H and O–H groups in total. The zero-order valence-corrected chi connectivity index (χ0v) is 29.0. The van der Waals surface area contributed by atoms with Gasteiger partial charge in [-0.3, -0.25) is 18.6 Å². The highest BCUT2D eigenvalue weighted by Gasteiger charge is 2.25. The van der Waals surface area contributed by atoms with E-state index in [0.29, 0.717) is 12.8 Å². The van der Waals surface area contributed by atoms with Crippen LogP contribution in [0.3, 0.4) is 0 Å². The standard InChI is InChI=1S/C35H62NO8P/c1-3-5-7-9-11-13-15-16-18-20-22-24-26-28-35(38)44-33(32-43-45(39,40)42-30-29-36)31-41-34(37)27-25-23-21-19-17-14-12-10-8-6-4-2/h10,12,14,16-18,22,24,33H,3-9,11,13,15,19-21,23,25-32,36H2,1-2H3,(H,39,40)/b12-10+,17-14+,18-16+,24-22+. The number of nitrogens with two attached hydrogens (primary N) is 1. The topological polar surface area (TPSA) is 134 Å². The summed E-state index contributed by atoms with van der Waals surface area (Å²) in [4.78, 5) is 34.5. The largest absolute Gasteiger partial charge is 0.472 e. The lowest BCUT2D eigenvalue weighted by Gasteiger charge is -2.19. The van der Waals surface area contributed by atoms with Crippen molar-refractivity contribution in [3.05, 3.63) is 48.6 Å². The van der Waals surface area contributed by atoms with Crippen molar-refractivity contribution in [3.63, 3.8) is 0 Å². The Kier molecular flexibility index (Phi) is 30.5. The predicted molar refractivity (Wildman–Crippen MR) is 183 cm³/mol. The molecule has 0 amide bonds. The van der Waals surface area contributed by atoms with Crippen LogP contribution in [0.15, 0.2) is 48.6 Å². The van der Waals surface area contributed by atoms with Crippen LogP contribution < -0.4 is 5.73 Å². The number of hydrogen-bond acceptors (Lipinski definition) is 8. The molecule has 0 heterocycles. The van der Waals surface area contributed by atoms with Gasteiger partial charge in [0.15, 0.2) is 6.10 Å². The molecule has 0 aliphatic heterocycles. The zero-order chi connectivity index (χ0) is 33.3. The van der Waals surface area contributed by atoms with E-state index < -0.39 is 32.5 Å². The van der Waals surface area contributed by atoms with Crippen molar-refractivity contribution < 1.29 is 37.6 Å². The molecule has 0 saturated carbocycles. The van der Waals surface area contributed by atoms with Crippen LogP contribution in [0.1, 0.15) is 129 Å². The summed E-state index contributed by atoms with van der Waals surface area (Å²) in [6, 6.07) is 0. The van der Waals surface area contributed by atoms with E-state index in [1.807, 2.05) is 12.2 Å². The fraction of sp³-hybridized carbons (Fsp3) is 0.714. The number of unbranched alkanes of at least 4 members (excludes halogenated alkanes) is 11. The molecule has 0 spiro atoms. The average Bonchev–Trinajstić information content (AvgIpc) is 3.02. The van der Waals surface area contributed by atoms with Crippen LogP contribution in [0.25, 0.3) is 0 Å². The first kappa shape index (κ1) is 43.0. The van der Waals surface area contributed by atoms with Crippen molar-refractivity contribution in [1.29, 1.82) is 0 Å². The van der Waals surface area contributed by atoms with Gasteiger partial charge in [-0.05, 0) is 51.4 Å². The maximum absolute atomic E-state index is 12.4. The van der Waals surface area contributed by atoms with Gasteiger partial charge in [-0.15, -0.1) is 0 Å². The van der Waals surface area contributed by atoms with Crippen LogP contribution >= 0.6 is 7.82 Å². The molecule has 0 aromatic heterocycles. The van der Waals surface area contributed by atoms with Crippen molar-refractivity contribution in [1.82, 2.24) is 0 Å². The Labute approximate surface area is 273 Å². The Balaban J connectivity index is 4.43. The fourth-order valence-electron chi connectivity index (χ4n) is 4.13. The van der Waals surface area contributed by atoms with E-state index in [4.69, 9.17) is 24.3 Å². The van der Waals surface area contributed by atoms with Gasteiger partial charge in [-0.25, -0.2) is 4.57 Å². The van der Waals surface area contributed by atoms with E-state index >= 15 is 0 Å². The first-order valence-corrected chi connectivity index (χ1v) is 18.6. The summed E-state index contributed by atoms with van der Waals surface area (Å²) in [6.07, 6.45) is 33.1. The van der Waals surface area contributed by atoms with Gasteiger partial charge in [0.2, 0.25) is 0 Å². The van der Waals surface area contributed by atoms with Crippen LogP contribution in [0.4, 0.5) is 0 Å². The van der Waals surface area contributed by atoms with Gasteiger partial charge in [0.1, 0.15) is 6.61 Å². The fourth-order valence-corrected chi connectivity index (χ4v) is 4.90. The molecule has 0 aromatic rings. The van der Waals surface area contributed by atoms with Gasteiger partial charge < -0.3 is 20.1 Å². The van der Waals surface area contributed by atoms with Crippen LogP contribution in [-0.2, 0) is 32.7 Å². The summed E-state index contributed by atoms with van der Waals surface area (Å²) in [5.41, 5.74) is 5.31. The number of phosphoric acid groups is 1. The van der Waals surface area contributed by atoms with E-state index in [2.05, 4.69) is 50.3 Å². The molecule has 0 saturated heterocycles. The number of hydrogen-bond donors (Lipinski definition) is 2. The number of esters is 2. The van der Waals surface area contributed by atoms with E-state index in [1.165, 1.54) is 51.4 Å². The third kappa shape index (κ3) is 31.7. The van der Waals surface area contributed by atoms with Gasteiger partial charge in [0.25, 0.3) is 0 Å². The van der Waals surface area contributed by atoms with Crippen molar-refractivity contribution in [3.8, 4) is 0 Å². The zero-order valence-electron chi connectivity index (χ0n) is 28.1. The maximum Gasteiger partial charge on any atom is 0.472 e. The summed E-state index contributed by atoms with van der Waals surface area (Å²) in [6.45, 7) is 3.53. The first-order chi connectivity index (χ1) is 21.8. The van der Waals surface area contributed by atoms with Gasteiger partial charge in [-0.2, -0.15) is 0 Å². The molecule has 10 heteroatoms. The highest BCUT2D eigenvalue weighted by atomic mass is 31.2. The van der Waals surface area contributed by atoms with Crippen molar-refractivity contribution in [2.75, 3.05) is 26.4 Å². The SMILES string of the molecule is CCCC/C=C/C=C/CCCCCC(=O)OCC(COP(=O)(O)OCCN)OC(=O)CC/C=C/C/C=C/CCCCCCCC. The highest BCUT2D eigenvalue weighted by Crippen LogP contribution is 2.43. The van der Waals surface area contributed by atoms with Crippen LogP contribution in [0.5, 0.6) is 0 Å². The van der Waals surface area contributed by atoms with Gasteiger partial charge in [-0.1, -0.05) is 114 Å². The number of carbonyl (C=O) groups is 2. The summed E-state index contributed by atoms with van der Waals surface area (Å²) < 4.78 is 32.4. The van der Waals surface area contributed by atoms with Crippen LogP contribution in [0, 0.1) is 0 Å². The molecule has 0 bridgehead atoms. The van der Waals surface area contributed by atoms with Crippen LogP contribution in [-0.4, -0.2) is 49.3 Å². The van der Waals surface area contributed by atoms with Gasteiger partial charge >= 0.3 is 19.8 Å². The smallest absolute Gasteiger partial charge is 0.462 e. The number of phosphoric ester groups is 1. The molecular weight excluding hydrogens is 593 g/mol. The molecule has 2 atom stereocenters. The third-order valence-electron chi connectivity index (χ3n) is 6.73. The Bertz CT molecular complexity index is 887. The van der Waals surface area contributed by atoms with E-state index in [-0.39, 0.29) is 32.6 Å². The van der Waals surface area contributed by atoms with Crippen molar-refractivity contribution in [2.45, 2.75) is 136 Å². The number of allylic oxidation sites excluding steroid dienone is 8. The average molecular weight is 656 g/mol. The van der Waals surface area contributed by atoms with E-state index in [9.17, 15) is 19.0 Å². The molecule has 0 aliphatic carbocycles. The maximum atomic E-state index is 12.4. The quantitative estimate of drug-likeness (QED) is 0.0247. The lowest BCUT2D eigenvalue weighted by Crippen LogP contribution is -2.29. The van der Waals surface area contributed by atoms with Gasteiger partial charge in [0.05, 0.1) is 13.2 Å². The monoisotopic (exact) mass is 655 g/mol. The molecule has 0 rings (SSSR count). The normalized spacial score (nSPS) is 14.1. The summed E-state index contributed by atoms with van der Waals surface area (Å²) in [5.74, 6) is -0.948. The Hall–Kier alpha value is -2.03. The molecule has 0 fully saturated rings. The first-order valence-electron chi connectivity index (χ1n) is 17.1. The summed E-state index contributed by atoms with van der Waals surface area (Å²) in [5, 5.41) is 0. The second-order valence-electron chi connectivity index (χ2n) is 11.1. The van der Waals surface area contributed by atoms with Gasteiger partial charge in [0, 0.05) is 19.4 Å². The predicted octanol–water partition coefficient (Wildman–Crippen LogP) is 8.82. The number of rotatable bonds is 31. The lowest BCUT2D eigenvalue weighted by molar-refractivity contribution is -0.161. The highest BCUT2D eigenvalue weighted by molar-refractivity contribution is 7.47. The van der Waals surface area contributed by atoms with E-state index in [1.54, 1.807) is 0 Å². The third-order valence-corrected chi connectivity index (χ3v) is 7.71. The Morgan fingerprint density at radius 3 is 1.98 bits per heavy atom. The molecule has 260 valence electrons. The minimum atomic E-state index is -4.39. The second kappa shape index (κ2) is 31.9. The molecule has 0 aromatic carbocycles. The van der Waals surface area contributed by atoms with E-state index in [0.717, 1.165) is 38.5 Å². The molecule has 0 aliphatic rings. The molecule has 2 unspecified atom stereocenters. The van der Waals surface area contributed by atoms with Crippen molar-refractivity contribution >= 4 is 19.8 Å². The van der Waals surface area contributed by atoms with Crippen molar-refractivity contribution in [2.24, 2.45) is 5.73 Å². The Morgan fingerprint density at radius 2 is 1.29 bits per heavy atom.